The molecule has 2 rings (SSSR count). The molecule has 0 unspecified atom stereocenters. The van der Waals surface area contributed by atoms with Gasteiger partial charge in [-0.2, -0.15) is 0 Å². The molecule has 0 atom stereocenters. The molecule has 0 bridgehead atoms. The van der Waals surface area contributed by atoms with Crippen molar-refractivity contribution in [2.45, 2.75) is 4.90 Å². The number of rotatable bonds is 4. The molecule has 0 radical (unpaired) electrons. The molecule has 0 aliphatic carbocycles. The average molecular weight is 404 g/mol. The van der Waals surface area contributed by atoms with Gasteiger partial charge in [0.25, 0.3) is 10.0 Å². The second-order valence-corrected chi connectivity index (χ2v) is 6.92. The number of benzene rings is 2. The van der Waals surface area contributed by atoms with E-state index in [9.17, 15) is 8.42 Å². The molecule has 0 aromatic heterocycles. The maximum atomic E-state index is 12.4. The second-order valence-electron chi connectivity index (χ2n) is 4.03. The Kier molecular flexibility index (Phi) is 4.39. The molecule has 0 spiro atoms. The van der Waals surface area contributed by atoms with Gasteiger partial charge >= 0.3 is 0 Å². The van der Waals surface area contributed by atoms with E-state index in [0.29, 0.717) is 11.4 Å². The Labute approximate surface area is 131 Å². The number of ether oxygens (including phenoxy) is 1. The zero-order valence-corrected chi connectivity index (χ0v) is 13.6. The normalized spacial score (nSPS) is 11.1. The Bertz CT molecular complexity index is 732. The van der Waals surface area contributed by atoms with E-state index in [-0.39, 0.29) is 10.6 Å². The predicted molar refractivity (Wildman–Crippen MR) is 87.4 cm³/mol. The number of nitrogens with two attached hydrogens (primary N) is 1. The highest BCUT2D eigenvalue weighted by Gasteiger charge is 2.19. The van der Waals surface area contributed by atoms with Crippen LogP contribution >= 0.6 is 22.6 Å². The minimum absolute atomic E-state index is 0.0491. The van der Waals surface area contributed by atoms with Crippen LogP contribution < -0.4 is 15.2 Å². The second kappa shape index (κ2) is 5.88. The topological polar surface area (TPSA) is 81.4 Å². The third kappa shape index (κ3) is 3.34. The molecule has 106 valence electrons. The number of hydrogen-bond donors (Lipinski definition) is 2. The highest BCUT2D eigenvalue weighted by molar-refractivity contribution is 14.1. The van der Waals surface area contributed by atoms with Gasteiger partial charge in [-0.25, -0.2) is 8.42 Å². The smallest absolute Gasteiger partial charge is 0.265 e. The van der Waals surface area contributed by atoms with Crippen LogP contribution in [-0.2, 0) is 10.0 Å². The fraction of sp³-hybridized carbons (Fsp3) is 0.0769. The van der Waals surface area contributed by atoms with Gasteiger partial charge in [-0.3, -0.25) is 4.72 Å². The fourth-order valence-corrected chi connectivity index (χ4v) is 3.41. The molecule has 0 aliphatic rings. The van der Waals surface area contributed by atoms with Gasteiger partial charge in [-0.05, 0) is 52.9 Å². The van der Waals surface area contributed by atoms with Crippen LogP contribution in [0.4, 0.5) is 11.4 Å². The van der Waals surface area contributed by atoms with Crippen molar-refractivity contribution in [2.75, 3.05) is 17.6 Å². The molecule has 20 heavy (non-hydrogen) atoms. The van der Waals surface area contributed by atoms with E-state index < -0.39 is 10.0 Å². The molecule has 0 amide bonds. The van der Waals surface area contributed by atoms with Gasteiger partial charge in [0.1, 0.15) is 10.6 Å². The number of methoxy groups -OCH3 is 1. The molecule has 0 aliphatic heterocycles. The van der Waals surface area contributed by atoms with E-state index in [1.165, 1.54) is 25.3 Å². The lowest BCUT2D eigenvalue weighted by Crippen LogP contribution is -2.14. The minimum atomic E-state index is -3.72. The molecule has 0 fully saturated rings. The van der Waals surface area contributed by atoms with E-state index in [4.69, 9.17) is 10.5 Å². The van der Waals surface area contributed by atoms with Crippen LogP contribution in [-0.4, -0.2) is 15.5 Å². The number of halogens is 1. The summed E-state index contributed by atoms with van der Waals surface area (Å²) in [5.41, 5.74) is 6.56. The van der Waals surface area contributed by atoms with Gasteiger partial charge in [0.2, 0.25) is 0 Å². The van der Waals surface area contributed by atoms with Crippen LogP contribution in [0.1, 0.15) is 0 Å². The van der Waals surface area contributed by atoms with Gasteiger partial charge in [0.05, 0.1) is 7.11 Å². The molecule has 0 saturated heterocycles. The zero-order chi connectivity index (χ0) is 14.8. The van der Waals surface area contributed by atoms with Crippen LogP contribution in [0.15, 0.2) is 47.4 Å². The van der Waals surface area contributed by atoms with Crippen molar-refractivity contribution < 1.29 is 13.2 Å². The molecule has 0 saturated carbocycles. The van der Waals surface area contributed by atoms with Crippen molar-refractivity contribution in [1.29, 1.82) is 0 Å². The van der Waals surface area contributed by atoms with Crippen molar-refractivity contribution in [3.8, 4) is 5.75 Å². The summed E-state index contributed by atoms with van der Waals surface area (Å²) in [6.07, 6.45) is 0. The Balaban J connectivity index is 2.40. The van der Waals surface area contributed by atoms with E-state index >= 15 is 0 Å². The Hall–Kier alpha value is -1.48. The summed E-state index contributed by atoms with van der Waals surface area (Å²) in [5, 5.41) is 0. The van der Waals surface area contributed by atoms with Crippen molar-refractivity contribution >= 4 is 44.0 Å². The zero-order valence-electron chi connectivity index (χ0n) is 10.6. The Morgan fingerprint density at radius 1 is 1.20 bits per heavy atom. The summed E-state index contributed by atoms with van der Waals surface area (Å²) in [7, 11) is -2.32. The first-order chi connectivity index (χ1) is 9.42. The number of hydrogen-bond acceptors (Lipinski definition) is 4. The average Bonchev–Trinajstić information content (AvgIpc) is 2.37. The maximum absolute atomic E-state index is 12.4. The highest BCUT2D eigenvalue weighted by Crippen LogP contribution is 2.28. The van der Waals surface area contributed by atoms with Crippen molar-refractivity contribution in [1.82, 2.24) is 0 Å². The standard InChI is InChI=1S/C13H13IN2O3S/c1-19-12-8-10(15)5-6-13(12)20(17,18)16-11-4-2-3-9(14)7-11/h2-8,16H,15H2,1H3. The largest absolute Gasteiger partial charge is 0.495 e. The van der Waals surface area contributed by atoms with Crippen LogP contribution in [0, 0.1) is 3.57 Å². The molecule has 3 N–H and O–H groups in total. The first-order valence-corrected chi connectivity index (χ1v) is 8.20. The first kappa shape index (κ1) is 14.9. The molecule has 2 aromatic carbocycles. The first-order valence-electron chi connectivity index (χ1n) is 5.64. The minimum Gasteiger partial charge on any atom is -0.495 e. The quantitative estimate of drug-likeness (QED) is 0.607. The SMILES string of the molecule is COc1cc(N)ccc1S(=O)(=O)Nc1cccc(I)c1. The lowest BCUT2D eigenvalue weighted by molar-refractivity contribution is 0.403. The van der Waals surface area contributed by atoms with Gasteiger partial charge in [0.15, 0.2) is 0 Å². The summed E-state index contributed by atoms with van der Waals surface area (Å²) in [6, 6.07) is 11.5. The summed E-state index contributed by atoms with van der Waals surface area (Å²) in [5.74, 6) is 0.211. The van der Waals surface area contributed by atoms with Crippen LogP contribution in [0.3, 0.4) is 0 Å². The number of nitrogen functional groups attached to an aromatic ring is 1. The van der Waals surface area contributed by atoms with E-state index in [2.05, 4.69) is 27.3 Å². The molecule has 2 aromatic rings. The maximum Gasteiger partial charge on any atom is 0.265 e. The Morgan fingerprint density at radius 2 is 1.95 bits per heavy atom. The summed E-state index contributed by atoms with van der Waals surface area (Å²) < 4.78 is 33.3. The van der Waals surface area contributed by atoms with Gasteiger partial charge < -0.3 is 10.5 Å². The van der Waals surface area contributed by atoms with Gasteiger partial charge in [-0.1, -0.05) is 6.07 Å². The highest BCUT2D eigenvalue weighted by atomic mass is 127. The number of sulfonamides is 1. The monoisotopic (exact) mass is 404 g/mol. The molecule has 5 nitrogen and oxygen atoms in total. The van der Waals surface area contributed by atoms with Crippen LogP contribution in [0.5, 0.6) is 5.75 Å². The van der Waals surface area contributed by atoms with E-state index in [1.807, 2.05) is 6.07 Å². The predicted octanol–water partition coefficient (Wildman–Crippen LogP) is 2.68. The lowest BCUT2D eigenvalue weighted by atomic mass is 10.3. The van der Waals surface area contributed by atoms with Crippen LogP contribution in [0.2, 0.25) is 0 Å². The van der Waals surface area contributed by atoms with Gasteiger partial charge in [0, 0.05) is 21.0 Å². The molecule has 7 heteroatoms. The molecule has 0 heterocycles. The van der Waals surface area contributed by atoms with Crippen molar-refractivity contribution in [3.05, 3.63) is 46.0 Å². The van der Waals surface area contributed by atoms with Crippen LogP contribution in [0.25, 0.3) is 0 Å². The molecular weight excluding hydrogens is 391 g/mol. The fourth-order valence-electron chi connectivity index (χ4n) is 1.67. The molecular formula is C13H13IN2O3S. The third-order valence-electron chi connectivity index (χ3n) is 2.55. The third-order valence-corrected chi connectivity index (χ3v) is 4.65. The van der Waals surface area contributed by atoms with Crippen molar-refractivity contribution in [2.24, 2.45) is 0 Å². The van der Waals surface area contributed by atoms with Crippen molar-refractivity contribution in [3.63, 3.8) is 0 Å². The Morgan fingerprint density at radius 3 is 2.60 bits per heavy atom. The van der Waals surface area contributed by atoms with E-state index in [0.717, 1.165) is 3.57 Å². The summed E-state index contributed by atoms with van der Waals surface area (Å²) >= 11 is 2.11. The summed E-state index contributed by atoms with van der Waals surface area (Å²) in [6.45, 7) is 0. The lowest BCUT2D eigenvalue weighted by Gasteiger charge is -2.12. The number of nitrogens with one attached hydrogen (secondary N) is 1. The number of anilines is 2. The van der Waals surface area contributed by atoms with E-state index in [1.54, 1.807) is 18.2 Å². The summed E-state index contributed by atoms with van der Waals surface area (Å²) in [4.78, 5) is 0.0491. The van der Waals surface area contributed by atoms with Gasteiger partial charge in [-0.15, -0.1) is 0 Å².